The summed E-state index contributed by atoms with van der Waals surface area (Å²) in [6, 6.07) is 17.0. The van der Waals surface area contributed by atoms with Gasteiger partial charge in [0.15, 0.2) is 23.0 Å². The van der Waals surface area contributed by atoms with Crippen molar-refractivity contribution in [2.45, 2.75) is 45.3 Å². The highest BCUT2D eigenvalue weighted by molar-refractivity contribution is 6.51. The van der Waals surface area contributed by atoms with Gasteiger partial charge in [0.2, 0.25) is 11.2 Å². The third-order valence-electron chi connectivity index (χ3n) is 10.4. The van der Waals surface area contributed by atoms with Crippen LogP contribution in [-0.2, 0) is 19.1 Å². The molecule has 4 aromatic rings. The number of likely N-dealkylation sites (N-methyl/N-ethyl adjacent to an activating group) is 2. The van der Waals surface area contributed by atoms with Gasteiger partial charge in [0, 0.05) is 86.3 Å². The average molecular weight is 957 g/mol. The molecule has 2 saturated heterocycles. The number of hydrogen-bond acceptors (Lipinski definition) is 16. The predicted octanol–water partition coefficient (Wildman–Crippen LogP) is 3.30. The van der Waals surface area contributed by atoms with Crippen molar-refractivity contribution in [2.75, 3.05) is 53.5 Å². The topological polar surface area (TPSA) is 250 Å². The zero-order valence-electron chi connectivity index (χ0n) is 37.5. The number of rotatable bonds is 8. The van der Waals surface area contributed by atoms with Crippen LogP contribution in [0.5, 0.6) is 0 Å². The molecule has 4 aliphatic rings. The summed E-state index contributed by atoms with van der Waals surface area (Å²) in [6.45, 7) is 5.71. The number of halogens is 1. The lowest BCUT2D eigenvalue weighted by atomic mass is 9.80. The number of carbonyl (C=O) groups excluding carboxylic acids is 4. The van der Waals surface area contributed by atoms with Crippen LogP contribution in [0.4, 0.5) is 0 Å². The largest absolute Gasteiger partial charge is 0.486 e. The summed E-state index contributed by atoms with van der Waals surface area (Å²) >= 11 is 6.02. The molecule has 0 saturated carbocycles. The van der Waals surface area contributed by atoms with E-state index < -0.39 is 42.1 Å². The number of benzene rings is 2. The number of aromatic nitrogens is 4. The van der Waals surface area contributed by atoms with Gasteiger partial charge in [-0.25, -0.2) is 29.5 Å². The molecule has 0 spiro atoms. The molecule has 18 nitrogen and oxygen atoms in total. The highest BCUT2D eigenvalue weighted by atomic mass is 35.5. The Morgan fingerprint density at radius 2 is 1.22 bits per heavy atom. The second kappa shape index (κ2) is 23.6. The standard InChI is InChI=1S/C24H22N4O4.C20H18ClN3O4.C4H6BNO2.CH4/c1-3-32-22(29)20-14-19(18-8-11-25-15-18)26-21(27-20)17-6-4-5-16(13-17)7-9-24(31)10-12-28(2)23(24)30;1-3-28-18(25)15-12-16(21)23-17(22-15)14-6-4-5-13(11-14)7-8-20(27)9-10-24(2)19(20)26;7-5(8)4-1-2-6-3-4;/h4-6,8,11,13-14,31H,3,10,12,15H2,1-2H3;4-6,11-12,27H,3,9-10H2,1-2H3;1-2,7-8H,3H2;1H4/t24-;20-;;/m00../s1. The molecular formula is C49H50BClN8O10. The fourth-order valence-electron chi connectivity index (χ4n) is 6.71. The molecule has 2 amide bonds. The first-order valence-corrected chi connectivity index (χ1v) is 21.7. The molecule has 4 N–H and O–H groups in total. The minimum absolute atomic E-state index is 0. The second-order valence-electron chi connectivity index (χ2n) is 15.4. The number of aliphatic hydroxyl groups is 2. The van der Waals surface area contributed by atoms with Crippen molar-refractivity contribution in [3.63, 3.8) is 0 Å². The fraction of sp³-hybridized carbons (Fsp3) is 0.306. The van der Waals surface area contributed by atoms with E-state index in [-0.39, 0.29) is 55.8 Å². The Labute approximate surface area is 404 Å². The molecule has 6 heterocycles. The van der Waals surface area contributed by atoms with Crippen LogP contribution in [0.3, 0.4) is 0 Å². The molecule has 0 radical (unpaired) electrons. The van der Waals surface area contributed by atoms with Crippen LogP contribution in [0, 0.1) is 23.7 Å². The number of nitrogens with zero attached hydrogens (tertiary/aromatic N) is 8. The first-order valence-electron chi connectivity index (χ1n) is 21.3. The quantitative estimate of drug-likeness (QED) is 0.0857. The maximum Gasteiger partial charge on any atom is 0.486 e. The highest BCUT2D eigenvalue weighted by Gasteiger charge is 2.43. The van der Waals surface area contributed by atoms with Gasteiger partial charge in [0.25, 0.3) is 11.8 Å². The van der Waals surface area contributed by atoms with Crippen LogP contribution in [0.25, 0.3) is 28.3 Å². The number of hydrogen-bond donors (Lipinski definition) is 4. The summed E-state index contributed by atoms with van der Waals surface area (Å²) in [5.74, 6) is 9.76. The predicted molar refractivity (Wildman–Crippen MR) is 260 cm³/mol. The SMILES string of the molecule is C.CCOC(=O)c1cc(C2=CC=NC2)nc(-c2cccc(C#C[C@]3(O)CCN(C)C3=O)c2)n1.CCOC(=O)c1cc(Cl)nc(-c2cccc(C#C[C@]3(O)CCN(C)C3=O)c2)n1.OB(O)C1=CC=NC1. The van der Waals surface area contributed by atoms with Crippen LogP contribution in [0.15, 0.2) is 88.3 Å². The average Bonchev–Trinajstić information content (AvgIpc) is 4.18. The van der Waals surface area contributed by atoms with E-state index in [1.165, 1.54) is 15.9 Å². The van der Waals surface area contributed by atoms with Gasteiger partial charge in [-0.3, -0.25) is 19.6 Å². The summed E-state index contributed by atoms with van der Waals surface area (Å²) < 4.78 is 10.1. The normalized spacial score (nSPS) is 18.5. The van der Waals surface area contributed by atoms with Gasteiger partial charge < -0.3 is 39.5 Å². The van der Waals surface area contributed by atoms with Gasteiger partial charge in [-0.15, -0.1) is 0 Å². The van der Waals surface area contributed by atoms with E-state index in [9.17, 15) is 29.4 Å². The van der Waals surface area contributed by atoms with Crippen molar-refractivity contribution in [3.8, 4) is 46.5 Å². The Bertz CT molecular complexity index is 2870. The van der Waals surface area contributed by atoms with E-state index in [1.807, 2.05) is 12.1 Å². The lowest BCUT2D eigenvalue weighted by Gasteiger charge is -2.13. The molecule has 69 heavy (non-hydrogen) atoms. The van der Waals surface area contributed by atoms with Crippen molar-refractivity contribution >= 4 is 60.5 Å². The molecular weight excluding hydrogens is 907 g/mol. The van der Waals surface area contributed by atoms with Crippen LogP contribution in [-0.4, -0.2) is 158 Å². The van der Waals surface area contributed by atoms with E-state index in [2.05, 4.69) is 53.6 Å². The van der Waals surface area contributed by atoms with Gasteiger partial charge in [0.1, 0.15) is 5.15 Å². The van der Waals surface area contributed by atoms with Gasteiger partial charge in [-0.2, -0.15) is 0 Å². The van der Waals surface area contributed by atoms with Crippen LogP contribution < -0.4 is 0 Å². The Balaban J connectivity index is 0.000000220. The van der Waals surface area contributed by atoms with E-state index in [0.717, 1.165) is 5.57 Å². The Morgan fingerprint density at radius 1 is 0.725 bits per heavy atom. The van der Waals surface area contributed by atoms with E-state index >= 15 is 0 Å². The van der Waals surface area contributed by atoms with Crippen molar-refractivity contribution in [1.82, 2.24) is 29.7 Å². The maximum atomic E-state index is 12.4. The van der Waals surface area contributed by atoms with Crippen LogP contribution in [0.1, 0.15) is 71.9 Å². The number of ether oxygens (including phenoxy) is 2. The molecule has 0 aliphatic carbocycles. The fourth-order valence-corrected chi connectivity index (χ4v) is 6.89. The Kier molecular flexibility index (Phi) is 18.0. The summed E-state index contributed by atoms with van der Waals surface area (Å²) in [5, 5.41) is 38.0. The number of esters is 2. The zero-order chi connectivity index (χ0) is 49.0. The molecule has 2 atom stereocenters. The second-order valence-corrected chi connectivity index (χ2v) is 15.8. The maximum absolute atomic E-state index is 12.4. The van der Waals surface area contributed by atoms with Crippen LogP contribution in [0.2, 0.25) is 5.15 Å². The Morgan fingerprint density at radius 3 is 1.64 bits per heavy atom. The van der Waals surface area contributed by atoms with Crippen molar-refractivity contribution in [3.05, 3.63) is 112 Å². The number of allylic oxidation sites excluding steroid dienone is 2. The first kappa shape index (κ1) is 52.6. The Hall–Kier alpha value is -7.39. The number of likely N-dealkylation sites (tertiary alicyclic amines) is 2. The molecule has 20 heteroatoms. The van der Waals surface area contributed by atoms with E-state index in [0.29, 0.717) is 65.4 Å². The summed E-state index contributed by atoms with van der Waals surface area (Å²) in [6.07, 6.45) is 7.23. The van der Waals surface area contributed by atoms with Gasteiger partial charge in [-0.1, -0.05) is 67.0 Å². The van der Waals surface area contributed by atoms with Gasteiger partial charge in [0.05, 0.1) is 32.0 Å². The number of amides is 2. The zero-order valence-corrected chi connectivity index (χ0v) is 38.3. The first-order chi connectivity index (χ1) is 32.5. The smallest absolute Gasteiger partial charge is 0.461 e. The summed E-state index contributed by atoms with van der Waals surface area (Å²) in [7, 11) is 1.94. The molecule has 0 unspecified atom stereocenters. The van der Waals surface area contributed by atoms with Gasteiger partial charge >= 0.3 is 19.1 Å². The van der Waals surface area contributed by atoms with E-state index in [4.69, 9.17) is 31.1 Å². The monoisotopic (exact) mass is 956 g/mol. The summed E-state index contributed by atoms with van der Waals surface area (Å²) in [4.78, 5) is 76.7. The molecule has 356 valence electrons. The van der Waals surface area contributed by atoms with Crippen molar-refractivity contribution in [1.29, 1.82) is 0 Å². The van der Waals surface area contributed by atoms with Crippen molar-refractivity contribution in [2.24, 2.45) is 9.98 Å². The molecule has 2 aromatic carbocycles. The molecule has 4 aliphatic heterocycles. The minimum atomic E-state index is -1.67. The third-order valence-corrected chi connectivity index (χ3v) is 10.6. The van der Waals surface area contributed by atoms with Crippen molar-refractivity contribution < 1.29 is 48.9 Å². The van der Waals surface area contributed by atoms with E-state index in [1.54, 1.807) is 95.0 Å². The van der Waals surface area contributed by atoms with Crippen LogP contribution >= 0.6 is 11.6 Å². The molecule has 8 rings (SSSR count). The molecule has 0 bridgehead atoms. The lowest BCUT2D eigenvalue weighted by molar-refractivity contribution is -0.138. The minimum Gasteiger partial charge on any atom is -0.461 e. The molecule has 2 fully saturated rings. The highest BCUT2D eigenvalue weighted by Crippen LogP contribution is 2.26. The summed E-state index contributed by atoms with van der Waals surface area (Å²) in [5.41, 5.74) is 1.29. The molecule has 2 aromatic heterocycles. The number of carbonyl (C=O) groups is 4. The third kappa shape index (κ3) is 13.4. The van der Waals surface area contributed by atoms with Gasteiger partial charge in [-0.05, 0) is 61.8 Å². The lowest BCUT2D eigenvalue weighted by Crippen LogP contribution is -2.37. The number of aliphatic imine (C=N–C) groups is 2.